The summed E-state index contributed by atoms with van der Waals surface area (Å²) in [5.41, 5.74) is 1.35. The standard InChI is InChI=1S/C10H11N2O3PS.C9H10ClN2O5PS/c1-13-16(17,14-2)15-12-10(8-11)9-6-4-3-5-7-9;1-15-18(14,16-2)19-5-12-8-7(17-9(12)13)3-6(10)4-11-8/h3-7H,1-2H3;3-4H,5H2,1-2H3/b12-10-;. The summed E-state index contributed by atoms with van der Waals surface area (Å²) in [7, 11) is 5.28. The molecule has 0 amide bonds. The fourth-order valence-electron chi connectivity index (χ4n) is 2.31. The Balaban J connectivity index is 0.000000255. The summed E-state index contributed by atoms with van der Waals surface area (Å²) in [6, 6.07) is 12.3. The van der Waals surface area contributed by atoms with Crippen LogP contribution in [-0.4, -0.2) is 43.7 Å². The van der Waals surface area contributed by atoms with Crippen LogP contribution in [0.1, 0.15) is 5.56 Å². The molecule has 0 bridgehead atoms. The third-order valence-electron chi connectivity index (χ3n) is 4.10. The molecule has 0 aliphatic rings. The average molecular weight is 595 g/mol. The van der Waals surface area contributed by atoms with E-state index >= 15 is 0 Å². The third-order valence-corrected chi connectivity index (χ3v) is 10.3. The fourth-order valence-corrected chi connectivity index (χ4v) is 5.27. The Labute approximate surface area is 220 Å². The van der Waals surface area contributed by atoms with Crippen molar-refractivity contribution in [1.29, 1.82) is 5.26 Å². The molecule has 0 aliphatic heterocycles. The molecule has 0 aliphatic carbocycles. The van der Waals surface area contributed by atoms with Gasteiger partial charge in [0.2, 0.25) is 0 Å². The molecule has 0 atom stereocenters. The van der Waals surface area contributed by atoms with Crippen molar-refractivity contribution in [2.45, 2.75) is 5.88 Å². The SMILES string of the molecule is COP(=O)(OC)SCn1c(=O)oc2cc(Cl)cnc21.COP(=S)(OC)O/N=C(/C#N)c1ccccc1. The molecule has 0 saturated carbocycles. The maximum absolute atomic E-state index is 11.9. The zero-order valence-corrected chi connectivity index (χ0v) is 23.6. The summed E-state index contributed by atoms with van der Waals surface area (Å²) in [6.07, 6.45) is 1.40. The van der Waals surface area contributed by atoms with Gasteiger partial charge in [0.25, 0.3) is 0 Å². The number of benzene rings is 1. The van der Waals surface area contributed by atoms with Gasteiger partial charge in [0.05, 0.1) is 10.9 Å². The highest BCUT2D eigenvalue weighted by atomic mass is 35.5. The Morgan fingerprint density at radius 2 is 1.86 bits per heavy atom. The molecule has 3 aromatic rings. The van der Waals surface area contributed by atoms with E-state index in [1.165, 1.54) is 45.3 Å². The van der Waals surface area contributed by atoms with Gasteiger partial charge in [-0.15, -0.1) is 0 Å². The van der Waals surface area contributed by atoms with Crippen molar-refractivity contribution in [3.8, 4) is 6.07 Å². The Hall–Kier alpha value is -2.04. The van der Waals surface area contributed by atoms with E-state index < -0.39 is 19.3 Å². The van der Waals surface area contributed by atoms with E-state index in [-0.39, 0.29) is 17.2 Å². The van der Waals surface area contributed by atoms with Gasteiger partial charge in [-0.25, -0.2) is 18.9 Å². The predicted molar refractivity (Wildman–Crippen MR) is 140 cm³/mol. The molecule has 0 radical (unpaired) electrons. The lowest BCUT2D eigenvalue weighted by molar-refractivity contribution is 0.210. The Kier molecular flexibility index (Phi) is 11.8. The Bertz CT molecular complexity index is 1380. The normalized spacial score (nSPS) is 12.1. The zero-order valence-electron chi connectivity index (χ0n) is 19.4. The minimum absolute atomic E-state index is 0.0272. The first kappa shape index (κ1) is 30.2. The summed E-state index contributed by atoms with van der Waals surface area (Å²) in [5, 5.41) is 13.0. The monoisotopic (exact) mass is 594 g/mol. The van der Waals surface area contributed by atoms with Crippen LogP contribution in [0, 0.1) is 11.3 Å². The highest BCUT2D eigenvalue weighted by molar-refractivity contribution is 8.54. The van der Waals surface area contributed by atoms with Crippen molar-refractivity contribution < 1.29 is 31.7 Å². The van der Waals surface area contributed by atoms with Crippen LogP contribution in [0.15, 0.2) is 57.0 Å². The number of halogens is 1. The van der Waals surface area contributed by atoms with Gasteiger partial charge >= 0.3 is 19.3 Å². The molecule has 12 nitrogen and oxygen atoms in total. The number of hydrogen-bond donors (Lipinski definition) is 0. The van der Waals surface area contributed by atoms with Crippen molar-refractivity contribution in [3.05, 3.63) is 63.7 Å². The van der Waals surface area contributed by atoms with Crippen molar-refractivity contribution in [1.82, 2.24) is 9.55 Å². The van der Waals surface area contributed by atoms with E-state index in [0.29, 0.717) is 16.2 Å². The minimum atomic E-state index is -3.27. The molecule has 17 heteroatoms. The quantitative estimate of drug-likeness (QED) is 0.173. The number of oxazole rings is 1. The second-order valence-electron chi connectivity index (χ2n) is 6.15. The Morgan fingerprint density at radius 3 is 2.42 bits per heavy atom. The molecule has 2 aromatic heterocycles. The van der Waals surface area contributed by atoms with Gasteiger partial charge < -0.3 is 27.1 Å². The van der Waals surface area contributed by atoms with Crippen LogP contribution < -0.4 is 5.76 Å². The summed E-state index contributed by atoms with van der Waals surface area (Å²) in [4.78, 5) is 15.7. The number of nitrogens with zero attached hydrogens (tertiary/aromatic N) is 4. The number of fused-ring (bicyclic) bond motifs is 1. The molecule has 194 valence electrons. The van der Waals surface area contributed by atoms with E-state index in [9.17, 15) is 9.36 Å². The van der Waals surface area contributed by atoms with Crippen LogP contribution >= 0.6 is 36.5 Å². The van der Waals surface area contributed by atoms with Crippen molar-refractivity contribution in [3.63, 3.8) is 0 Å². The highest BCUT2D eigenvalue weighted by Crippen LogP contribution is 2.59. The summed E-state index contributed by atoms with van der Waals surface area (Å²) in [6.45, 7) is -6.14. The molecule has 3 rings (SSSR count). The minimum Gasteiger partial charge on any atom is -0.406 e. The van der Waals surface area contributed by atoms with Gasteiger partial charge in [-0.3, -0.25) is 0 Å². The second kappa shape index (κ2) is 14.0. The van der Waals surface area contributed by atoms with Crippen LogP contribution in [0.4, 0.5) is 0 Å². The van der Waals surface area contributed by atoms with Gasteiger partial charge in [-0.05, 0) is 11.4 Å². The number of aromatic nitrogens is 2. The third kappa shape index (κ3) is 8.24. The van der Waals surface area contributed by atoms with Gasteiger partial charge in [-0.2, -0.15) is 5.26 Å². The van der Waals surface area contributed by atoms with E-state index in [4.69, 9.17) is 55.8 Å². The molecule has 0 N–H and O–H groups in total. The Morgan fingerprint density at radius 1 is 1.22 bits per heavy atom. The first-order chi connectivity index (χ1) is 17.1. The molecule has 0 spiro atoms. The second-order valence-corrected chi connectivity index (χ2v) is 14.0. The van der Waals surface area contributed by atoms with Crippen molar-refractivity contribution in [2.75, 3.05) is 28.4 Å². The molecule has 36 heavy (non-hydrogen) atoms. The van der Waals surface area contributed by atoms with Gasteiger partial charge in [-0.1, -0.05) is 47.1 Å². The molecule has 2 heterocycles. The van der Waals surface area contributed by atoms with E-state index in [1.807, 2.05) is 12.1 Å². The lowest BCUT2D eigenvalue weighted by Crippen LogP contribution is -2.13. The fraction of sp³-hybridized carbons (Fsp3) is 0.263. The molecule has 1 aromatic carbocycles. The highest BCUT2D eigenvalue weighted by Gasteiger charge is 2.24. The predicted octanol–water partition coefficient (Wildman–Crippen LogP) is 5.18. The number of rotatable bonds is 10. The van der Waals surface area contributed by atoms with E-state index in [2.05, 4.69) is 10.1 Å². The maximum Gasteiger partial charge on any atom is 0.421 e. The zero-order chi connectivity index (χ0) is 26.8. The molecule has 0 fully saturated rings. The van der Waals surface area contributed by atoms with Gasteiger partial charge in [0.15, 0.2) is 16.9 Å². The van der Waals surface area contributed by atoms with Crippen LogP contribution in [0.5, 0.6) is 0 Å². The lowest BCUT2D eigenvalue weighted by Gasteiger charge is -2.13. The lowest BCUT2D eigenvalue weighted by atomic mass is 10.1. The number of pyridine rings is 1. The van der Waals surface area contributed by atoms with E-state index in [1.54, 1.807) is 24.3 Å². The van der Waals surface area contributed by atoms with Crippen LogP contribution in [0.25, 0.3) is 11.2 Å². The van der Waals surface area contributed by atoms with Crippen LogP contribution in [-0.2, 0) is 45.0 Å². The summed E-state index contributed by atoms with van der Waals surface area (Å²) in [5.74, 6) is -0.588. The number of nitriles is 1. The molecule has 0 unspecified atom stereocenters. The largest absolute Gasteiger partial charge is 0.421 e. The first-order valence-electron chi connectivity index (χ1n) is 9.59. The summed E-state index contributed by atoms with van der Waals surface area (Å²) >= 11 is 11.6. The maximum atomic E-state index is 11.9. The molecule has 0 saturated heterocycles. The number of oxime groups is 1. The summed E-state index contributed by atoms with van der Waals surface area (Å²) < 4.78 is 42.4. The number of hydrogen-bond acceptors (Lipinski definition) is 13. The molecular weight excluding hydrogens is 574 g/mol. The average Bonchev–Trinajstić information content (AvgIpc) is 3.22. The first-order valence-corrected chi connectivity index (χ1v) is 15.7. The topological polar surface area (TPSA) is 147 Å². The van der Waals surface area contributed by atoms with E-state index in [0.717, 1.165) is 11.4 Å². The van der Waals surface area contributed by atoms with Crippen LogP contribution in [0.2, 0.25) is 5.02 Å². The van der Waals surface area contributed by atoms with Crippen molar-refractivity contribution in [2.24, 2.45) is 5.16 Å². The van der Waals surface area contributed by atoms with Crippen molar-refractivity contribution >= 4 is 65.2 Å². The van der Waals surface area contributed by atoms with Gasteiger partial charge in [0.1, 0.15) is 6.07 Å². The van der Waals surface area contributed by atoms with Crippen LogP contribution in [0.3, 0.4) is 0 Å². The van der Waals surface area contributed by atoms with Gasteiger partial charge in [0, 0.05) is 58.1 Å². The molecular formula is C19H21ClN4O8P2S2. The smallest absolute Gasteiger partial charge is 0.406 e.